The molecule has 102 valence electrons. The lowest BCUT2D eigenvalue weighted by Gasteiger charge is -2.30. The zero-order valence-electron chi connectivity index (χ0n) is 10.6. The van der Waals surface area contributed by atoms with Gasteiger partial charge in [0.15, 0.2) is 0 Å². The smallest absolute Gasteiger partial charge is 0.282 e. The summed E-state index contributed by atoms with van der Waals surface area (Å²) < 4.78 is 0. The van der Waals surface area contributed by atoms with Crippen molar-refractivity contribution in [2.24, 2.45) is 0 Å². The van der Waals surface area contributed by atoms with Gasteiger partial charge in [-0.15, -0.1) is 0 Å². The molecule has 2 rings (SSSR count). The average molecular weight is 285 g/mol. The van der Waals surface area contributed by atoms with E-state index in [1.165, 1.54) is 23.1 Å². The molecule has 1 saturated heterocycles. The number of benzene rings is 1. The van der Waals surface area contributed by atoms with E-state index in [4.69, 9.17) is 11.6 Å². The largest absolute Gasteiger partial charge is 0.334 e. The molecule has 1 aromatic rings. The van der Waals surface area contributed by atoms with E-state index < -0.39 is 4.92 Å². The predicted molar refractivity (Wildman–Crippen MR) is 70.6 cm³/mol. The van der Waals surface area contributed by atoms with E-state index in [1.807, 2.05) is 0 Å². The second-order valence-corrected chi connectivity index (χ2v) is 5.10. The van der Waals surface area contributed by atoms with Gasteiger partial charge in [0.1, 0.15) is 5.56 Å². The summed E-state index contributed by atoms with van der Waals surface area (Å²) in [6, 6.07) is 4.06. The highest BCUT2D eigenvalue weighted by Gasteiger charge is 2.28. The minimum atomic E-state index is -0.551. The first-order valence-corrected chi connectivity index (χ1v) is 6.41. The van der Waals surface area contributed by atoms with E-state index in [-0.39, 0.29) is 17.2 Å². The minimum Gasteiger partial charge on any atom is -0.334 e. The van der Waals surface area contributed by atoms with Crippen LogP contribution in [-0.2, 0) is 0 Å². The zero-order valence-corrected chi connectivity index (χ0v) is 11.3. The van der Waals surface area contributed by atoms with E-state index >= 15 is 0 Å². The fourth-order valence-corrected chi connectivity index (χ4v) is 2.27. The molecular weight excluding hydrogens is 270 g/mol. The molecule has 0 radical (unpaired) electrons. The third kappa shape index (κ3) is 3.02. The van der Waals surface area contributed by atoms with Crippen LogP contribution in [0.5, 0.6) is 0 Å². The van der Waals surface area contributed by atoms with Gasteiger partial charge in [-0.3, -0.25) is 14.9 Å². The summed E-state index contributed by atoms with van der Waals surface area (Å²) in [6.45, 7) is 2.91. The van der Waals surface area contributed by atoms with Crippen molar-refractivity contribution < 1.29 is 14.6 Å². The molecule has 7 heteroatoms. The molecule has 1 aliphatic heterocycles. The number of nitrogens with zero attached hydrogens (tertiary/aromatic N) is 2. The molecule has 1 amide bonds. The molecule has 1 aromatic carbocycles. The van der Waals surface area contributed by atoms with Crippen LogP contribution >= 0.6 is 11.6 Å². The first-order chi connectivity index (χ1) is 8.99. The van der Waals surface area contributed by atoms with Gasteiger partial charge in [-0.05, 0) is 12.1 Å². The van der Waals surface area contributed by atoms with Crippen molar-refractivity contribution in [3.63, 3.8) is 0 Å². The van der Waals surface area contributed by atoms with Crippen molar-refractivity contribution in [2.75, 3.05) is 33.2 Å². The molecular formula is C12H15ClN3O3+. The summed E-state index contributed by atoms with van der Waals surface area (Å²) in [6.07, 6.45) is 0. The second kappa shape index (κ2) is 5.54. The lowest BCUT2D eigenvalue weighted by Crippen LogP contribution is -3.12. The van der Waals surface area contributed by atoms with Gasteiger partial charge in [-0.1, -0.05) is 11.6 Å². The summed E-state index contributed by atoms with van der Waals surface area (Å²) >= 11 is 5.83. The van der Waals surface area contributed by atoms with Gasteiger partial charge in [0.2, 0.25) is 0 Å². The topological polar surface area (TPSA) is 67.9 Å². The number of halogens is 1. The van der Waals surface area contributed by atoms with Crippen LogP contribution in [0.2, 0.25) is 5.02 Å². The Morgan fingerprint density at radius 2 is 2.05 bits per heavy atom. The number of nitro groups is 1. The molecule has 0 atom stereocenters. The monoisotopic (exact) mass is 284 g/mol. The third-order valence-electron chi connectivity index (χ3n) is 3.29. The highest BCUT2D eigenvalue weighted by molar-refractivity contribution is 6.31. The number of amides is 1. The summed E-state index contributed by atoms with van der Waals surface area (Å²) in [4.78, 5) is 25.7. The molecule has 0 spiro atoms. The van der Waals surface area contributed by atoms with Gasteiger partial charge in [0.25, 0.3) is 11.6 Å². The van der Waals surface area contributed by atoms with Crippen molar-refractivity contribution in [3.05, 3.63) is 38.9 Å². The molecule has 1 N–H and O–H groups in total. The number of nitro benzene ring substituents is 1. The molecule has 6 nitrogen and oxygen atoms in total. The number of piperazine rings is 1. The van der Waals surface area contributed by atoms with E-state index in [2.05, 4.69) is 7.05 Å². The molecule has 1 heterocycles. The number of hydrogen-bond acceptors (Lipinski definition) is 3. The summed E-state index contributed by atoms with van der Waals surface area (Å²) in [5, 5.41) is 11.3. The van der Waals surface area contributed by atoms with Crippen molar-refractivity contribution in [2.45, 2.75) is 0 Å². The van der Waals surface area contributed by atoms with E-state index in [9.17, 15) is 14.9 Å². The Bertz CT molecular complexity index is 513. The van der Waals surface area contributed by atoms with Crippen LogP contribution in [0.3, 0.4) is 0 Å². The fourth-order valence-electron chi connectivity index (χ4n) is 2.10. The molecule has 0 aliphatic carbocycles. The van der Waals surface area contributed by atoms with Gasteiger partial charge >= 0.3 is 0 Å². The van der Waals surface area contributed by atoms with Gasteiger partial charge in [0.05, 0.1) is 38.2 Å². The van der Waals surface area contributed by atoms with Crippen LogP contribution in [0.4, 0.5) is 5.69 Å². The Balaban J connectivity index is 2.27. The SMILES string of the molecule is C[NH+]1CCN(C(=O)c2cc(Cl)ccc2[N+](=O)[O-])CC1. The molecule has 0 saturated carbocycles. The number of likely N-dealkylation sites (N-methyl/N-ethyl adjacent to an activating group) is 1. The number of rotatable bonds is 2. The highest BCUT2D eigenvalue weighted by Crippen LogP contribution is 2.24. The number of carbonyl (C=O) groups is 1. The van der Waals surface area contributed by atoms with Crippen molar-refractivity contribution in [1.82, 2.24) is 4.90 Å². The average Bonchev–Trinajstić information content (AvgIpc) is 2.38. The van der Waals surface area contributed by atoms with Crippen LogP contribution in [0.25, 0.3) is 0 Å². The van der Waals surface area contributed by atoms with Crippen LogP contribution in [-0.4, -0.2) is 49.0 Å². The Labute approximate surface area is 115 Å². The van der Waals surface area contributed by atoms with E-state index in [0.717, 1.165) is 13.1 Å². The standard InChI is InChI=1S/C12H14ClN3O3/c1-14-4-6-15(7-5-14)12(17)10-8-9(13)2-3-11(10)16(18)19/h2-3,8H,4-7H2,1H3/p+1. The van der Waals surface area contributed by atoms with Gasteiger partial charge in [-0.2, -0.15) is 0 Å². The van der Waals surface area contributed by atoms with Crippen molar-refractivity contribution >= 4 is 23.2 Å². The Kier molecular flexibility index (Phi) is 4.01. The quantitative estimate of drug-likeness (QED) is 0.624. The summed E-state index contributed by atoms with van der Waals surface area (Å²) in [7, 11) is 2.06. The highest BCUT2D eigenvalue weighted by atomic mass is 35.5. The Morgan fingerprint density at radius 3 is 2.63 bits per heavy atom. The third-order valence-corrected chi connectivity index (χ3v) is 3.53. The van der Waals surface area contributed by atoms with Crippen LogP contribution in [0.1, 0.15) is 10.4 Å². The maximum absolute atomic E-state index is 12.3. The predicted octanol–water partition coefficient (Wildman–Crippen LogP) is 0.219. The van der Waals surface area contributed by atoms with Crippen molar-refractivity contribution in [1.29, 1.82) is 0 Å². The van der Waals surface area contributed by atoms with E-state index in [0.29, 0.717) is 18.1 Å². The van der Waals surface area contributed by atoms with Gasteiger partial charge < -0.3 is 9.80 Å². The maximum atomic E-state index is 12.3. The summed E-state index contributed by atoms with van der Waals surface area (Å²) in [5.74, 6) is -0.318. The fraction of sp³-hybridized carbons (Fsp3) is 0.417. The number of carbonyl (C=O) groups excluding carboxylic acids is 1. The Hall–Kier alpha value is -1.66. The van der Waals surface area contributed by atoms with Crippen molar-refractivity contribution in [3.8, 4) is 0 Å². The summed E-state index contributed by atoms with van der Waals surface area (Å²) in [5.41, 5.74) is -0.127. The van der Waals surface area contributed by atoms with Crippen LogP contribution in [0.15, 0.2) is 18.2 Å². The first kappa shape index (κ1) is 13.8. The molecule has 0 bridgehead atoms. The number of quaternary nitrogens is 1. The maximum Gasteiger partial charge on any atom is 0.282 e. The molecule has 0 unspecified atom stereocenters. The zero-order chi connectivity index (χ0) is 14.0. The lowest BCUT2D eigenvalue weighted by molar-refractivity contribution is -0.883. The molecule has 0 aromatic heterocycles. The van der Waals surface area contributed by atoms with Crippen LogP contribution < -0.4 is 4.90 Å². The lowest BCUT2D eigenvalue weighted by atomic mass is 10.1. The molecule has 19 heavy (non-hydrogen) atoms. The van der Waals surface area contributed by atoms with Gasteiger partial charge in [-0.25, -0.2) is 0 Å². The van der Waals surface area contributed by atoms with E-state index in [1.54, 1.807) is 4.90 Å². The number of hydrogen-bond donors (Lipinski definition) is 1. The Morgan fingerprint density at radius 1 is 1.42 bits per heavy atom. The molecule has 1 aliphatic rings. The van der Waals surface area contributed by atoms with Crippen LogP contribution in [0, 0.1) is 10.1 Å². The first-order valence-electron chi connectivity index (χ1n) is 6.03. The molecule has 1 fully saturated rings. The van der Waals surface area contributed by atoms with Gasteiger partial charge in [0, 0.05) is 11.1 Å². The number of nitrogens with one attached hydrogen (secondary N) is 1. The second-order valence-electron chi connectivity index (χ2n) is 4.67. The normalized spacial score (nSPS) is 16.4. The minimum absolute atomic E-state index is 0.0667.